The molecule has 0 spiro atoms. The summed E-state index contributed by atoms with van der Waals surface area (Å²) in [7, 11) is 0. The monoisotopic (exact) mass is 356 g/mol. The number of hydrogen-bond donors (Lipinski definition) is 1. The van der Waals surface area contributed by atoms with Gasteiger partial charge >= 0.3 is 0 Å². The van der Waals surface area contributed by atoms with Crippen molar-refractivity contribution in [1.82, 2.24) is 24.6 Å². The molecule has 0 radical (unpaired) electrons. The van der Waals surface area contributed by atoms with Gasteiger partial charge in [0.15, 0.2) is 23.6 Å². The first-order valence-electron chi connectivity index (χ1n) is 7.55. The van der Waals surface area contributed by atoms with Crippen molar-refractivity contribution < 1.29 is 13.2 Å². The zero-order chi connectivity index (χ0) is 18.3. The molecule has 6 nitrogen and oxygen atoms in total. The van der Waals surface area contributed by atoms with Crippen molar-refractivity contribution in [3.8, 4) is 11.5 Å². The lowest BCUT2D eigenvalue weighted by atomic mass is 10.0. The van der Waals surface area contributed by atoms with Crippen molar-refractivity contribution in [1.29, 1.82) is 0 Å². The molecule has 2 N–H and O–H groups in total. The molecule has 0 bridgehead atoms. The van der Waals surface area contributed by atoms with E-state index in [9.17, 15) is 13.2 Å². The summed E-state index contributed by atoms with van der Waals surface area (Å²) in [5.41, 5.74) is 6.29. The molecule has 3 heterocycles. The third-order valence-electron chi connectivity index (χ3n) is 3.90. The molecule has 4 aromatic rings. The van der Waals surface area contributed by atoms with Gasteiger partial charge < -0.3 is 5.73 Å². The molecule has 4 rings (SSSR count). The summed E-state index contributed by atoms with van der Waals surface area (Å²) in [4.78, 5) is 12.3. The zero-order valence-electron chi connectivity index (χ0n) is 13.1. The molecule has 0 saturated carbocycles. The fraction of sp³-hybridized carbons (Fsp3) is 0.0588. The SMILES string of the molecule is Nc1nc(-c2ncn3ncccc23)ncc1C(F)c1cccc(F)c1F. The van der Waals surface area contributed by atoms with Gasteiger partial charge in [0.05, 0.1) is 11.1 Å². The number of rotatable bonds is 3. The highest BCUT2D eigenvalue weighted by molar-refractivity contribution is 5.72. The molecule has 1 atom stereocenters. The molecular weight excluding hydrogens is 345 g/mol. The molecule has 1 unspecified atom stereocenters. The summed E-state index contributed by atoms with van der Waals surface area (Å²) in [5.74, 6) is -2.42. The number of alkyl halides is 1. The molecule has 26 heavy (non-hydrogen) atoms. The average molecular weight is 356 g/mol. The van der Waals surface area contributed by atoms with Crippen LogP contribution in [0.2, 0.25) is 0 Å². The Bertz CT molecular complexity index is 1110. The van der Waals surface area contributed by atoms with Gasteiger partial charge in [-0.25, -0.2) is 32.6 Å². The molecule has 130 valence electrons. The van der Waals surface area contributed by atoms with Gasteiger partial charge in [-0.15, -0.1) is 0 Å². The Kier molecular flexibility index (Phi) is 3.76. The topological polar surface area (TPSA) is 82.0 Å². The zero-order valence-corrected chi connectivity index (χ0v) is 13.1. The van der Waals surface area contributed by atoms with Crippen LogP contribution in [0, 0.1) is 11.6 Å². The molecule has 1 aromatic carbocycles. The lowest BCUT2D eigenvalue weighted by molar-refractivity contribution is 0.378. The van der Waals surface area contributed by atoms with Crippen LogP contribution in [0.4, 0.5) is 19.0 Å². The molecule has 0 aliphatic heterocycles. The van der Waals surface area contributed by atoms with Crippen molar-refractivity contribution in [2.75, 3.05) is 5.73 Å². The van der Waals surface area contributed by atoms with Crippen molar-refractivity contribution in [3.63, 3.8) is 0 Å². The summed E-state index contributed by atoms with van der Waals surface area (Å²) in [5, 5.41) is 4.08. The normalized spacial score (nSPS) is 12.4. The second-order valence-corrected chi connectivity index (χ2v) is 5.49. The minimum atomic E-state index is -2.00. The Morgan fingerprint density at radius 3 is 2.69 bits per heavy atom. The van der Waals surface area contributed by atoms with Gasteiger partial charge in [0.25, 0.3) is 0 Å². The Morgan fingerprint density at radius 2 is 1.88 bits per heavy atom. The van der Waals surface area contributed by atoms with Gasteiger partial charge in [0, 0.05) is 18.0 Å². The summed E-state index contributed by atoms with van der Waals surface area (Å²) in [6.45, 7) is 0. The van der Waals surface area contributed by atoms with E-state index in [1.165, 1.54) is 16.9 Å². The highest BCUT2D eigenvalue weighted by Crippen LogP contribution is 2.32. The van der Waals surface area contributed by atoms with Gasteiger partial charge in [-0.1, -0.05) is 12.1 Å². The number of fused-ring (bicyclic) bond motifs is 1. The van der Waals surface area contributed by atoms with E-state index in [1.54, 1.807) is 18.3 Å². The van der Waals surface area contributed by atoms with E-state index in [2.05, 4.69) is 20.1 Å². The number of benzene rings is 1. The number of aromatic nitrogens is 5. The van der Waals surface area contributed by atoms with E-state index in [4.69, 9.17) is 5.73 Å². The lowest BCUT2D eigenvalue weighted by Crippen LogP contribution is -2.07. The van der Waals surface area contributed by atoms with Gasteiger partial charge in [0.1, 0.15) is 17.8 Å². The van der Waals surface area contributed by atoms with E-state index in [1.807, 2.05) is 0 Å². The van der Waals surface area contributed by atoms with Crippen LogP contribution in [0.1, 0.15) is 17.3 Å². The largest absolute Gasteiger partial charge is 0.383 e. The fourth-order valence-corrected chi connectivity index (χ4v) is 2.61. The number of nitrogens with zero attached hydrogens (tertiary/aromatic N) is 5. The first-order chi connectivity index (χ1) is 12.6. The predicted molar refractivity (Wildman–Crippen MR) is 87.7 cm³/mol. The minimum absolute atomic E-state index is 0.153. The molecule has 0 saturated heterocycles. The summed E-state index contributed by atoms with van der Waals surface area (Å²) >= 11 is 0. The molecule has 0 fully saturated rings. The quantitative estimate of drug-likeness (QED) is 0.610. The van der Waals surface area contributed by atoms with E-state index in [-0.39, 0.29) is 17.2 Å². The van der Waals surface area contributed by atoms with Crippen LogP contribution in [0.5, 0.6) is 0 Å². The van der Waals surface area contributed by atoms with Crippen LogP contribution in [0.15, 0.2) is 49.1 Å². The Hall–Kier alpha value is -3.49. The lowest BCUT2D eigenvalue weighted by Gasteiger charge is -2.12. The Morgan fingerprint density at radius 1 is 1.04 bits per heavy atom. The van der Waals surface area contributed by atoms with Crippen molar-refractivity contribution in [3.05, 3.63) is 71.8 Å². The van der Waals surface area contributed by atoms with E-state index >= 15 is 0 Å². The smallest absolute Gasteiger partial charge is 0.182 e. The Balaban J connectivity index is 1.76. The maximum Gasteiger partial charge on any atom is 0.182 e. The second-order valence-electron chi connectivity index (χ2n) is 5.49. The molecule has 0 amide bonds. The summed E-state index contributed by atoms with van der Waals surface area (Å²) in [6, 6.07) is 6.76. The maximum atomic E-state index is 14.7. The van der Waals surface area contributed by atoms with Gasteiger partial charge in [0.2, 0.25) is 0 Å². The van der Waals surface area contributed by atoms with E-state index in [0.29, 0.717) is 11.2 Å². The third kappa shape index (κ3) is 2.53. The van der Waals surface area contributed by atoms with E-state index < -0.39 is 23.4 Å². The number of hydrogen-bond acceptors (Lipinski definition) is 5. The standard InChI is InChI=1S/C17H11F3N6/c18-11-4-1-3-9(14(11)20)13(19)10-7-22-17(25-16(10)21)15-12-5-2-6-24-26(12)8-23-15/h1-8,13H,(H2,21,22,25). The number of imidazole rings is 1. The highest BCUT2D eigenvalue weighted by Gasteiger charge is 2.23. The van der Waals surface area contributed by atoms with Crippen LogP contribution in [-0.4, -0.2) is 24.6 Å². The predicted octanol–water partition coefficient (Wildman–Crippen LogP) is 3.11. The van der Waals surface area contributed by atoms with Crippen LogP contribution in [0.3, 0.4) is 0 Å². The summed E-state index contributed by atoms with van der Waals surface area (Å²) in [6.07, 6.45) is 2.23. The van der Waals surface area contributed by atoms with Crippen molar-refractivity contribution >= 4 is 11.3 Å². The fourth-order valence-electron chi connectivity index (χ4n) is 2.61. The Labute approximate surface area is 145 Å². The average Bonchev–Trinajstić information content (AvgIpc) is 3.07. The number of anilines is 1. The first-order valence-corrected chi connectivity index (χ1v) is 7.55. The van der Waals surface area contributed by atoms with Gasteiger partial charge in [-0.2, -0.15) is 5.10 Å². The number of nitrogens with two attached hydrogens (primary N) is 1. The van der Waals surface area contributed by atoms with Crippen LogP contribution in [-0.2, 0) is 0 Å². The third-order valence-corrected chi connectivity index (χ3v) is 3.90. The van der Waals surface area contributed by atoms with Crippen molar-refractivity contribution in [2.24, 2.45) is 0 Å². The molecular formula is C17H11F3N6. The molecule has 0 aliphatic carbocycles. The number of nitrogen functional groups attached to an aromatic ring is 1. The minimum Gasteiger partial charge on any atom is -0.383 e. The summed E-state index contributed by atoms with van der Waals surface area (Å²) < 4.78 is 43.4. The highest BCUT2D eigenvalue weighted by atomic mass is 19.2. The van der Waals surface area contributed by atoms with Gasteiger partial charge in [-0.05, 0) is 18.2 Å². The van der Waals surface area contributed by atoms with Gasteiger partial charge in [-0.3, -0.25) is 0 Å². The first kappa shape index (κ1) is 16.0. The van der Waals surface area contributed by atoms with Crippen LogP contribution in [0.25, 0.3) is 17.0 Å². The maximum absolute atomic E-state index is 14.7. The second kappa shape index (κ2) is 6.10. The van der Waals surface area contributed by atoms with Crippen LogP contribution >= 0.6 is 0 Å². The van der Waals surface area contributed by atoms with E-state index in [0.717, 1.165) is 18.3 Å². The number of halogens is 3. The molecule has 9 heteroatoms. The molecule has 0 aliphatic rings. The van der Waals surface area contributed by atoms with Crippen molar-refractivity contribution in [2.45, 2.75) is 6.17 Å². The van der Waals surface area contributed by atoms with Crippen LogP contribution < -0.4 is 5.73 Å². The molecule has 3 aromatic heterocycles.